The van der Waals surface area contributed by atoms with Gasteiger partial charge in [0, 0.05) is 25.4 Å². The van der Waals surface area contributed by atoms with Gasteiger partial charge < -0.3 is 9.84 Å². The van der Waals surface area contributed by atoms with Gasteiger partial charge in [-0.25, -0.2) is 0 Å². The molecular weight excluding hydrogens is 298 g/mol. The zero-order chi connectivity index (χ0) is 14.6. The summed E-state index contributed by atoms with van der Waals surface area (Å²) in [5.41, 5.74) is -0.559. The van der Waals surface area contributed by atoms with Crippen molar-refractivity contribution in [2.45, 2.75) is 6.92 Å². The number of anilines is 1. The summed E-state index contributed by atoms with van der Waals surface area (Å²) in [6.45, 7) is 1.70. The molecule has 1 unspecified atom stereocenters. The lowest BCUT2D eigenvalue weighted by Gasteiger charge is -2.16. The molecule has 1 rings (SSSR count). The molecule has 106 valence electrons. The van der Waals surface area contributed by atoms with E-state index >= 15 is 0 Å². The normalized spacial score (nSPS) is 13.9. The lowest BCUT2D eigenvalue weighted by Crippen LogP contribution is -2.07. The molecule has 0 fully saturated rings. The summed E-state index contributed by atoms with van der Waals surface area (Å²) in [5, 5.41) is 13.3. The number of nitrogens with zero attached hydrogens (tertiary/aromatic N) is 1. The molecule has 0 amide bonds. The monoisotopic (exact) mass is 310 g/mol. The van der Waals surface area contributed by atoms with Gasteiger partial charge in [-0.05, 0) is 0 Å². The van der Waals surface area contributed by atoms with Crippen molar-refractivity contribution in [3.8, 4) is 0 Å². The summed E-state index contributed by atoms with van der Waals surface area (Å²) in [7, 11) is -1.53. The molecule has 1 aromatic carbocycles. The Bertz CT molecular complexity index is 533. The average molecular weight is 311 g/mol. The first kappa shape index (κ1) is 15.9. The molecule has 6 nitrogen and oxygen atoms in total. The third-order valence-electron chi connectivity index (χ3n) is 2.56. The van der Waals surface area contributed by atoms with Crippen LogP contribution in [0.3, 0.4) is 0 Å². The van der Waals surface area contributed by atoms with E-state index in [2.05, 4.69) is 5.32 Å². The summed E-state index contributed by atoms with van der Waals surface area (Å²) in [5.74, 6) is -1.02. The maximum atomic E-state index is 13.3. The van der Waals surface area contributed by atoms with Crippen molar-refractivity contribution < 1.29 is 18.4 Å². The minimum atomic E-state index is -2.85. The van der Waals surface area contributed by atoms with Crippen LogP contribution in [0.25, 0.3) is 0 Å². The molecule has 1 N–H and O–H groups in total. The molecule has 19 heavy (non-hydrogen) atoms. The predicted octanol–water partition coefficient (Wildman–Crippen LogP) is 3.70. The molecule has 0 aliphatic rings. The van der Waals surface area contributed by atoms with Gasteiger partial charge in [-0.3, -0.25) is 14.7 Å². The fourth-order valence-corrected chi connectivity index (χ4v) is 2.56. The van der Waals surface area contributed by atoms with Gasteiger partial charge in [0.2, 0.25) is 13.2 Å². The Kier molecular flexibility index (Phi) is 5.29. The Labute approximate surface area is 114 Å². The van der Waals surface area contributed by atoms with E-state index < -0.39 is 23.8 Å². The number of nitrogens with one attached hydrogen (secondary N) is 1. The Morgan fingerprint density at radius 1 is 1.58 bits per heavy atom. The molecule has 0 saturated carbocycles. The second kappa shape index (κ2) is 6.32. The van der Waals surface area contributed by atoms with Crippen molar-refractivity contribution in [3.63, 3.8) is 0 Å². The molecule has 0 saturated heterocycles. The van der Waals surface area contributed by atoms with E-state index in [4.69, 9.17) is 16.1 Å². The average Bonchev–Trinajstić information content (AvgIpc) is 2.37. The van der Waals surface area contributed by atoms with Crippen LogP contribution in [0.4, 0.5) is 15.8 Å². The van der Waals surface area contributed by atoms with Crippen molar-refractivity contribution >= 4 is 30.3 Å². The molecule has 0 aromatic heterocycles. The zero-order valence-electron chi connectivity index (χ0n) is 10.4. The Morgan fingerprint density at radius 3 is 2.68 bits per heavy atom. The summed E-state index contributed by atoms with van der Waals surface area (Å²) >= 11 is 5.77. The molecule has 9 heteroatoms. The zero-order valence-corrected chi connectivity index (χ0v) is 12.0. The lowest BCUT2D eigenvalue weighted by molar-refractivity contribution is -0.387. The van der Waals surface area contributed by atoms with Gasteiger partial charge >= 0.3 is 5.69 Å². The molecule has 0 bridgehead atoms. The van der Waals surface area contributed by atoms with Gasteiger partial charge in [-0.15, -0.1) is 0 Å². The van der Waals surface area contributed by atoms with E-state index in [-0.39, 0.29) is 17.0 Å². The smallest absolute Gasteiger partial charge is 0.306 e. The van der Waals surface area contributed by atoms with Crippen LogP contribution in [0, 0.1) is 15.9 Å². The third-order valence-corrected chi connectivity index (χ3v) is 5.14. The number of halogens is 2. The Balaban J connectivity index is 2.99. The van der Waals surface area contributed by atoms with Gasteiger partial charge in [0.05, 0.1) is 21.9 Å². The maximum absolute atomic E-state index is 13.3. The highest BCUT2D eigenvalue weighted by Crippen LogP contribution is 2.45. The van der Waals surface area contributed by atoms with E-state index in [0.717, 1.165) is 12.1 Å². The largest absolute Gasteiger partial charge is 0.375 e. The van der Waals surface area contributed by atoms with Gasteiger partial charge in [-0.1, -0.05) is 18.5 Å². The molecule has 0 spiro atoms. The van der Waals surface area contributed by atoms with Crippen molar-refractivity contribution in [1.29, 1.82) is 0 Å². The highest BCUT2D eigenvalue weighted by molar-refractivity contribution is 7.59. The minimum absolute atomic E-state index is 0.0261. The van der Waals surface area contributed by atoms with Crippen LogP contribution < -0.4 is 5.32 Å². The first-order valence-electron chi connectivity index (χ1n) is 5.34. The highest BCUT2D eigenvalue weighted by atomic mass is 35.5. The fraction of sp³-hybridized carbons (Fsp3) is 0.400. The number of hydrogen-bond acceptors (Lipinski definition) is 5. The van der Waals surface area contributed by atoms with Crippen LogP contribution in [-0.2, 0) is 9.09 Å². The first-order valence-corrected chi connectivity index (χ1v) is 7.71. The summed E-state index contributed by atoms with van der Waals surface area (Å²) < 4.78 is 30.1. The van der Waals surface area contributed by atoms with Crippen molar-refractivity contribution in [3.05, 3.63) is 33.1 Å². The van der Waals surface area contributed by atoms with Crippen LogP contribution in [0.2, 0.25) is 5.02 Å². The van der Waals surface area contributed by atoms with Gasteiger partial charge in [-0.2, -0.15) is 4.39 Å². The van der Waals surface area contributed by atoms with Crippen LogP contribution in [-0.4, -0.2) is 24.5 Å². The van der Waals surface area contributed by atoms with E-state index in [1.807, 2.05) is 0 Å². The van der Waals surface area contributed by atoms with E-state index in [1.54, 1.807) is 6.92 Å². The number of benzene rings is 1. The standard InChI is InChI=1S/C10H13ClFN2O4P/c1-3-19(17,18-2)6-13-9-5-10(14(15)16)8(12)4-7(9)11/h4-5,13H,3,6H2,1-2H3. The summed E-state index contributed by atoms with van der Waals surface area (Å²) in [6, 6.07) is 1.80. The maximum Gasteiger partial charge on any atom is 0.306 e. The van der Waals surface area contributed by atoms with Crippen molar-refractivity contribution in [2.75, 3.05) is 24.9 Å². The van der Waals surface area contributed by atoms with Gasteiger partial charge in [0.25, 0.3) is 0 Å². The van der Waals surface area contributed by atoms with Crippen LogP contribution in [0.1, 0.15) is 6.92 Å². The molecule has 0 aliphatic heterocycles. The molecule has 0 heterocycles. The lowest BCUT2D eigenvalue weighted by atomic mass is 10.2. The van der Waals surface area contributed by atoms with E-state index in [0.29, 0.717) is 6.16 Å². The molecule has 1 atom stereocenters. The number of nitro groups is 1. The molecular formula is C10H13ClFN2O4P. The van der Waals surface area contributed by atoms with Gasteiger partial charge in [0.1, 0.15) is 0 Å². The fourth-order valence-electron chi connectivity index (χ4n) is 1.32. The quantitative estimate of drug-likeness (QED) is 0.492. The molecule has 0 radical (unpaired) electrons. The SMILES string of the molecule is CCP(=O)(CNc1cc([N+](=O)[O-])c(F)cc1Cl)OC. The second-order valence-corrected chi connectivity index (χ2v) is 7.04. The topological polar surface area (TPSA) is 81.5 Å². The third kappa shape index (κ3) is 3.89. The van der Waals surface area contributed by atoms with Crippen LogP contribution in [0.15, 0.2) is 12.1 Å². The minimum Gasteiger partial charge on any atom is -0.375 e. The summed E-state index contributed by atoms with van der Waals surface area (Å²) in [4.78, 5) is 9.76. The van der Waals surface area contributed by atoms with Gasteiger partial charge in [0.15, 0.2) is 0 Å². The Hall–Kier alpha value is -1.17. The highest BCUT2D eigenvalue weighted by Gasteiger charge is 2.21. The predicted molar refractivity (Wildman–Crippen MR) is 71.7 cm³/mol. The van der Waals surface area contributed by atoms with Crippen molar-refractivity contribution in [2.24, 2.45) is 0 Å². The summed E-state index contributed by atoms with van der Waals surface area (Å²) in [6.07, 6.45) is 0.264. The number of rotatable bonds is 6. The van der Waals surface area contributed by atoms with E-state index in [1.165, 1.54) is 7.11 Å². The number of nitro benzene ring substituents is 1. The molecule has 1 aromatic rings. The van der Waals surface area contributed by atoms with Crippen molar-refractivity contribution in [1.82, 2.24) is 0 Å². The molecule has 0 aliphatic carbocycles. The van der Waals surface area contributed by atoms with Crippen LogP contribution >= 0.6 is 19.0 Å². The number of hydrogen-bond donors (Lipinski definition) is 1. The second-order valence-electron chi connectivity index (χ2n) is 3.69. The van der Waals surface area contributed by atoms with E-state index in [9.17, 15) is 19.1 Å². The van der Waals surface area contributed by atoms with Crippen LogP contribution in [0.5, 0.6) is 0 Å². The first-order chi connectivity index (χ1) is 8.83. The Morgan fingerprint density at radius 2 is 2.21 bits per heavy atom.